The molecule has 90 valence electrons. The number of nitrogens with zero attached hydrogens (tertiary/aromatic N) is 1. The van der Waals surface area contributed by atoms with E-state index >= 15 is 0 Å². The molecule has 17 heavy (non-hydrogen) atoms. The molecule has 0 fully saturated rings. The molecule has 0 amide bonds. The van der Waals surface area contributed by atoms with Crippen LogP contribution in [0, 0.1) is 10.1 Å². The van der Waals surface area contributed by atoms with Gasteiger partial charge in [0.05, 0.1) is 4.92 Å². The van der Waals surface area contributed by atoms with Crippen molar-refractivity contribution in [1.82, 2.24) is 0 Å². The largest absolute Gasteiger partial charge is 0.318 e. The zero-order valence-electron chi connectivity index (χ0n) is 8.16. The molecule has 0 saturated heterocycles. The first kappa shape index (κ1) is 11.9. The van der Waals surface area contributed by atoms with E-state index in [1.54, 1.807) is 0 Å². The molecule has 1 unspecified atom stereocenters. The minimum atomic E-state index is -3.72. The van der Waals surface area contributed by atoms with Crippen molar-refractivity contribution in [3.05, 3.63) is 46.0 Å². The van der Waals surface area contributed by atoms with Crippen molar-refractivity contribution in [2.45, 2.75) is 11.1 Å². The first-order chi connectivity index (χ1) is 7.75. The number of nitro groups is 1. The molecule has 0 aromatic heterocycles. The van der Waals surface area contributed by atoms with Crippen LogP contribution >= 0.6 is 11.6 Å². The van der Waals surface area contributed by atoms with Crippen molar-refractivity contribution in [3.63, 3.8) is 0 Å². The maximum Gasteiger partial charge on any atom is 0.318 e. The van der Waals surface area contributed by atoms with Crippen LogP contribution in [0.4, 0.5) is 18.9 Å². The highest BCUT2D eigenvalue weighted by atomic mass is 35.5. The third kappa shape index (κ3) is 1.68. The zero-order chi connectivity index (χ0) is 12.8. The summed E-state index contributed by atoms with van der Waals surface area (Å²) in [7, 11) is 0. The van der Waals surface area contributed by atoms with E-state index in [0.29, 0.717) is 6.08 Å². The van der Waals surface area contributed by atoms with Crippen LogP contribution in [0.25, 0.3) is 5.57 Å². The second kappa shape index (κ2) is 3.46. The maximum absolute atomic E-state index is 13.4. The fraction of sp³-hybridized carbons (Fsp3) is 0.200. The Hall–Kier alpha value is -1.56. The molecule has 0 bridgehead atoms. The summed E-state index contributed by atoms with van der Waals surface area (Å²) in [5.74, 6) is -3.72. The molecule has 3 nitrogen and oxygen atoms in total. The van der Waals surface area contributed by atoms with Crippen molar-refractivity contribution in [1.29, 1.82) is 0 Å². The van der Waals surface area contributed by atoms with E-state index in [1.165, 1.54) is 12.1 Å². The van der Waals surface area contributed by atoms with Gasteiger partial charge in [-0.05, 0) is 23.8 Å². The van der Waals surface area contributed by atoms with E-state index in [-0.39, 0.29) is 16.8 Å². The van der Waals surface area contributed by atoms with Gasteiger partial charge in [-0.15, -0.1) is 0 Å². The van der Waals surface area contributed by atoms with Gasteiger partial charge in [-0.2, -0.15) is 8.78 Å². The van der Waals surface area contributed by atoms with E-state index in [0.717, 1.165) is 12.1 Å². The molecule has 0 spiro atoms. The summed E-state index contributed by atoms with van der Waals surface area (Å²) in [6, 6.07) is 4.55. The van der Waals surface area contributed by atoms with Crippen LogP contribution in [0.3, 0.4) is 0 Å². The second-order valence-corrected chi connectivity index (χ2v) is 4.08. The Kier molecular flexibility index (Phi) is 2.43. The third-order valence-electron chi connectivity index (χ3n) is 2.47. The maximum atomic E-state index is 13.4. The lowest BCUT2D eigenvalue weighted by molar-refractivity contribution is -0.384. The molecule has 0 aliphatic heterocycles. The van der Waals surface area contributed by atoms with E-state index in [9.17, 15) is 23.3 Å². The van der Waals surface area contributed by atoms with Gasteiger partial charge >= 0.3 is 5.92 Å². The lowest BCUT2D eigenvalue weighted by Crippen LogP contribution is -2.47. The van der Waals surface area contributed by atoms with Gasteiger partial charge in [0.25, 0.3) is 10.8 Å². The van der Waals surface area contributed by atoms with Gasteiger partial charge in [0.15, 0.2) is 0 Å². The molecule has 7 heteroatoms. The summed E-state index contributed by atoms with van der Waals surface area (Å²) >= 11 is 5.08. The normalized spacial score (nSPS) is 26.0. The highest BCUT2D eigenvalue weighted by molar-refractivity contribution is 6.32. The van der Waals surface area contributed by atoms with Crippen LogP contribution in [-0.4, -0.2) is 16.0 Å². The van der Waals surface area contributed by atoms with E-state index < -0.39 is 16.0 Å². The molecule has 0 N–H and O–H groups in total. The third-order valence-corrected chi connectivity index (χ3v) is 2.93. The van der Waals surface area contributed by atoms with E-state index in [1.807, 2.05) is 0 Å². The lowest BCUT2D eigenvalue weighted by Gasteiger charge is -2.36. The number of alkyl halides is 4. The molecule has 0 saturated carbocycles. The van der Waals surface area contributed by atoms with Crippen LogP contribution < -0.4 is 0 Å². The Morgan fingerprint density at radius 1 is 1.18 bits per heavy atom. The quantitative estimate of drug-likeness (QED) is 0.465. The predicted molar refractivity (Wildman–Crippen MR) is 55.7 cm³/mol. The lowest BCUT2D eigenvalue weighted by atomic mass is 9.86. The van der Waals surface area contributed by atoms with Gasteiger partial charge in [0.1, 0.15) is 0 Å². The summed E-state index contributed by atoms with van der Waals surface area (Å²) < 4.78 is 38.9. The highest BCUT2D eigenvalue weighted by Gasteiger charge is 2.63. The minimum absolute atomic E-state index is 0.0963. The first-order valence-corrected chi connectivity index (χ1v) is 4.87. The second-order valence-electron chi connectivity index (χ2n) is 3.56. The molecular weight excluding hydrogens is 259 g/mol. The summed E-state index contributed by atoms with van der Waals surface area (Å²) in [6.07, 6.45) is 0.404. The van der Waals surface area contributed by atoms with Gasteiger partial charge in [0, 0.05) is 17.7 Å². The minimum Gasteiger partial charge on any atom is -0.258 e. The Morgan fingerprint density at radius 2 is 1.71 bits per heavy atom. The first-order valence-electron chi connectivity index (χ1n) is 4.49. The molecule has 1 atom stereocenters. The molecule has 0 radical (unpaired) electrons. The Bertz CT molecular complexity index is 511. The highest BCUT2D eigenvalue weighted by Crippen LogP contribution is 2.55. The van der Waals surface area contributed by atoms with Crippen molar-refractivity contribution >= 4 is 22.9 Å². The van der Waals surface area contributed by atoms with Crippen molar-refractivity contribution in [2.75, 3.05) is 0 Å². The van der Waals surface area contributed by atoms with Crippen LogP contribution in [0.5, 0.6) is 0 Å². The summed E-state index contributed by atoms with van der Waals surface area (Å²) in [4.78, 5) is 9.72. The van der Waals surface area contributed by atoms with E-state index in [2.05, 4.69) is 0 Å². The number of nitro benzene ring substituents is 1. The van der Waals surface area contributed by atoms with Crippen LogP contribution in [0.1, 0.15) is 5.56 Å². The van der Waals surface area contributed by atoms with Crippen molar-refractivity contribution in [2.24, 2.45) is 0 Å². The number of hydrogen-bond acceptors (Lipinski definition) is 2. The average Bonchev–Trinajstić information content (AvgIpc) is 2.26. The van der Waals surface area contributed by atoms with Crippen LogP contribution in [0.15, 0.2) is 30.3 Å². The summed E-state index contributed by atoms with van der Waals surface area (Å²) in [5.41, 5.74) is -0.488. The van der Waals surface area contributed by atoms with Gasteiger partial charge < -0.3 is 0 Å². The summed E-state index contributed by atoms with van der Waals surface area (Å²) in [6.45, 7) is 0. The standard InChI is InChI=1S/C10H5ClF3NO2/c11-10(14)8(5-9(10,12)13)6-1-3-7(4-2-6)15(16)17/h1-5H. The van der Waals surface area contributed by atoms with Gasteiger partial charge in [-0.25, -0.2) is 4.39 Å². The SMILES string of the molecule is O=[N+]([O-])c1ccc(C2=CC(F)(F)C2(F)Cl)cc1. The number of non-ortho nitro benzene ring substituents is 1. The number of hydrogen-bond donors (Lipinski definition) is 0. The molecule has 1 aliphatic rings. The number of benzene rings is 1. The molecule has 1 aromatic rings. The molecule has 0 heterocycles. The predicted octanol–water partition coefficient (Wildman–Crippen LogP) is 3.53. The van der Waals surface area contributed by atoms with Crippen LogP contribution in [-0.2, 0) is 0 Å². The Labute approximate surface area is 98.6 Å². The number of allylic oxidation sites excluding steroid dienone is 2. The Morgan fingerprint density at radius 3 is 2.06 bits per heavy atom. The van der Waals surface area contributed by atoms with E-state index in [4.69, 9.17) is 11.6 Å². The Balaban J connectivity index is 2.35. The molecular formula is C10H5ClF3NO2. The average molecular weight is 264 g/mol. The van der Waals surface area contributed by atoms with Gasteiger partial charge in [-0.3, -0.25) is 10.1 Å². The number of halogens is 4. The molecule has 2 rings (SSSR count). The van der Waals surface area contributed by atoms with Gasteiger partial charge in [-0.1, -0.05) is 11.6 Å². The smallest absolute Gasteiger partial charge is 0.258 e. The van der Waals surface area contributed by atoms with Gasteiger partial charge in [0.2, 0.25) is 0 Å². The van der Waals surface area contributed by atoms with Crippen molar-refractivity contribution in [3.8, 4) is 0 Å². The molecule has 1 aliphatic carbocycles. The fourth-order valence-electron chi connectivity index (χ4n) is 1.49. The van der Waals surface area contributed by atoms with Crippen LogP contribution in [0.2, 0.25) is 0 Å². The molecule has 1 aromatic carbocycles. The summed E-state index contributed by atoms with van der Waals surface area (Å²) in [5, 5.41) is 7.12. The topological polar surface area (TPSA) is 43.1 Å². The van der Waals surface area contributed by atoms with Crippen molar-refractivity contribution < 1.29 is 18.1 Å². The number of rotatable bonds is 2. The monoisotopic (exact) mass is 263 g/mol. The fourth-order valence-corrected chi connectivity index (χ4v) is 1.71. The zero-order valence-corrected chi connectivity index (χ0v) is 8.92.